The highest BCUT2D eigenvalue weighted by atomic mass is 16.3. The molecule has 0 aliphatic heterocycles. The molecule has 0 fully saturated rings. The van der Waals surface area contributed by atoms with Crippen molar-refractivity contribution in [3.05, 3.63) is 48.2 Å². The van der Waals surface area contributed by atoms with Crippen LogP contribution < -0.4 is 0 Å². The van der Waals surface area contributed by atoms with Crippen LogP contribution in [-0.4, -0.2) is 40.8 Å². The molecule has 2 aromatic carbocycles. The fourth-order valence-corrected chi connectivity index (χ4v) is 2.42. The smallest absolute Gasteiger partial charge is 0.115 e. The molecule has 2 N–H and O–H groups in total. The summed E-state index contributed by atoms with van der Waals surface area (Å²) < 4.78 is 0. The largest absolute Gasteiger partial charge is 0.508 e. The number of likely N-dealkylation sites (N-methyl/N-ethyl adjacent to an activating group) is 1. The summed E-state index contributed by atoms with van der Waals surface area (Å²) in [6.45, 7) is 0.987. The highest BCUT2D eigenvalue weighted by Crippen LogP contribution is 2.26. The van der Waals surface area contributed by atoms with Crippen LogP contribution in [0.4, 0.5) is 0 Å². The van der Waals surface area contributed by atoms with Crippen LogP contribution in [0, 0.1) is 0 Å². The number of phenols is 1. The number of benzene rings is 2. The predicted octanol–water partition coefficient (Wildman–Crippen LogP) is 3.04. The fraction of sp³-hybridized carbons (Fsp3) is 0.235. The van der Waals surface area contributed by atoms with Crippen molar-refractivity contribution in [3.8, 4) is 16.9 Å². The van der Waals surface area contributed by atoms with Gasteiger partial charge in [-0.15, -0.1) is 0 Å². The molecule has 3 rings (SSSR count). The Labute approximate surface area is 124 Å². The van der Waals surface area contributed by atoms with E-state index in [2.05, 4.69) is 41.3 Å². The van der Waals surface area contributed by atoms with Gasteiger partial charge in [-0.3, -0.25) is 5.10 Å². The SMILES string of the molecule is CN(C)CCc1[nH]nc2ccc(-c3ccc(O)cc3)cc12. The van der Waals surface area contributed by atoms with E-state index in [4.69, 9.17) is 0 Å². The number of H-pyrrole nitrogens is 1. The van der Waals surface area contributed by atoms with E-state index >= 15 is 0 Å². The number of nitrogens with one attached hydrogen (secondary N) is 1. The van der Waals surface area contributed by atoms with Gasteiger partial charge < -0.3 is 10.0 Å². The summed E-state index contributed by atoms with van der Waals surface area (Å²) in [7, 11) is 4.14. The number of fused-ring (bicyclic) bond motifs is 1. The lowest BCUT2D eigenvalue weighted by Gasteiger charge is -2.08. The molecule has 21 heavy (non-hydrogen) atoms. The van der Waals surface area contributed by atoms with Crippen molar-refractivity contribution in [2.75, 3.05) is 20.6 Å². The molecule has 0 spiro atoms. The number of hydrogen-bond donors (Lipinski definition) is 2. The number of hydrogen-bond acceptors (Lipinski definition) is 3. The van der Waals surface area contributed by atoms with Crippen LogP contribution in [0.1, 0.15) is 5.69 Å². The summed E-state index contributed by atoms with van der Waals surface area (Å²) in [6.07, 6.45) is 0.947. The maximum absolute atomic E-state index is 9.39. The lowest BCUT2D eigenvalue weighted by molar-refractivity contribution is 0.412. The third-order valence-corrected chi connectivity index (χ3v) is 3.64. The summed E-state index contributed by atoms with van der Waals surface area (Å²) in [5.41, 5.74) is 4.38. The first-order valence-electron chi connectivity index (χ1n) is 7.04. The van der Waals surface area contributed by atoms with E-state index in [9.17, 15) is 5.11 Å². The molecule has 0 saturated carbocycles. The Morgan fingerprint density at radius 3 is 2.48 bits per heavy atom. The highest BCUT2D eigenvalue weighted by Gasteiger charge is 2.07. The summed E-state index contributed by atoms with van der Waals surface area (Å²) in [6, 6.07) is 13.5. The molecular formula is C17H19N3O. The van der Waals surface area contributed by atoms with Crippen molar-refractivity contribution < 1.29 is 5.11 Å². The molecule has 108 valence electrons. The minimum atomic E-state index is 0.287. The van der Waals surface area contributed by atoms with Crippen LogP contribution in [0.5, 0.6) is 5.75 Å². The average Bonchev–Trinajstić information content (AvgIpc) is 2.88. The van der Waals surface area contributed by atoms with Gasteiger partial charge in [-0.05, 0) is 49.5 Å². The predicted molar refractivity (Wildman–Crippen MR) is 85.5 cm³/mol. The van der Waals surface area contributed by atoms with E-state index in [0.29, 0.717) is 0 Å². The van der Waals surface area contributed by atoms with E-state index in [1.165, 1.54) is 11.1 Å². The third-order valence-electron chi connectivity index (χ3n) is 3.64. The van der Waals surface area contributed by atoms with Gasteiger partial charge in [0.1, 0.15) is 5.75 Å². The Hall–Kier alpha value is -2.33. The zero-order valence-corrected chi connectivity index (χ0v) is 12.3. The molecule has 1 heterocycles. The minimum absolute atomic E-state index is 0.287. The van der Waals surface area contributed by atoms with Crippen LogP contribution >= 0.6 is 0 Å². The van der Waals surface area contributed by atoms with Gasteiger partial charge in [0.05, 0.1) is 5.52 Å². The molecule has 0 saturated heterocycles. The molecule has 4 heteroatoms. The normalized spacial score (nSPS) is 11.4. The van der Waals surface area contributed by atoms with Crippen molar-refractivity contribution in [3.63, 3.8) is 0 Å². The van der Waals surface area contributed by atoms with Crippen molar-refractivity contribution in [2.24, 2.45) is 0 Å². The molecule has 0 aliphatic carbocycles. The Morgan fingerprint density at radius 2 is 1.76 bits per heavy atom. The second-order valence-electron chi connectivity index (χ2n) is 5.53. The van der Waals surface area contributed by atoms with Crippen molar-refractivity contribution in [1.82, 2.24) is 15.1 Å². The Balaban J connectivity index is 1.98. The molecular weight excluding hydrogens is 262 g/mol. The summed E-state index contributed by atoms with van der Waals surface area (Å²) >= 11 is 0. The van der Waals surface area contributed by atoms with Crippen LogP contribution in [0.15, 0.2) is 42.5 Å². The number of aromatic hydroxyl groups is 1. The molecule has 0 bridgehead atoms. The molecule has 0 radical (unpaired) electrons. The zero-order chi connectivity index (χ0) is 14.8. The second-order valence-corrected chi connectivity index (χ2v) is 5.53. The maximum atomic E-state index is 9.39. The summed E-state index contributed by atoms with van der Waals surface area (Å²) in [5, 5.41) is 18.1. The van der Waals surface area contributed by atoms with Gasteiger partial charge in [0.25, 0.3) is 0 Å². The van der Waals surface area contributed by atoms with Gasteiger partial charge in [-0.25, -0.2) is 0 Å². The van der Waals surface area contributed by atoms with Crippen LogP contribution in [0.2, 0.25) is 0 Å². The summed E-state index contributed by atoms with van der Waals surface area (Å²) in [5.74, 6) is 0.287. The van der Waals surface area contributed by atoms with E-state index in [1.54, 1.807) is 12.1 Å². The minimum Gasteiger partial charge on any atom is -0.508 e. The van der Waals surface area contributed by atoms with Gasteiger partial charge in [-0.2, -0.15) is 5.10 Å². The molecule has 3 aromatic rings. The zero-order valence-electron chi connectivity index (χ0n) is 12.3. The van der Waals surface area contributed by atoms with Crippen molar-refractivity contribution >= 4 is 10.9 Å². The molecule has 0 unspecified atom stereocenters. The van der Waals surface area contributed by atoms with E-state index in [1.807, 2.05) is 18.2 Å². The molecule has 0 atom stereocenters. The Kier molecular flexibility index (Phi) is 3.62. The summed E-state index contributed by atoms with van der Waals surface area (Å²) in [4.78, 5) is 2.16. The van der Waals surface area contributed by atoms with Crippen molar-refractivity contribution in [2.45, 2.75) is 6.42 Å². The van der Waals surface area contributed by atoms with Crippen LogP contribution in [0.3, 0.4) is 0 Å². The van der Waals surface area contributed by atoms with E-state index in [-0.39, 0.29) is 5.75 Å². The third kappa shape index (κ3) is 2.90. The van der Waals surface area contributed by atoms with Gasteiger partial charge in [0.2, 0.25) is 0 Å². The lowest BCUT2D eigenvalue weighted by atomic mass is 10.0. The van der Waals surface area contributed by atoms with Gasteiger partial charge in [-0.1, -0.05) is 18.2 Å². The quantitative estimate of drug-likeness (QED) is 0.773. The van der Waals surface area contributed by atoms with Gasteiger partial charge in [0.15, 0.2) is 0 Å². The average molecular weight is 281 g/mol. The van der Waals surface area contributed by atoms with Crippen LogP contribution in [-0.2, 0) is 6.42 Å². The Bertz CT molecular complexity index is 744. The molecule has 0 aliphatic rings. The standard InChI is InChI=1S/C17H19N3O/c1-20(2)10-9-17-15-11-13(5-8-16(15)18-19-17)12-3-6-14(21)7-4-12/h3-8,11,21H,9-10H2,1-2H3,(H,18,19). The van der Waals surface area contributed by atoms with E-state index < -0.39 is 0 Å². The number of phenolic OH excluding ortho intramolecular Hbond substituents is 1. The number of aromatic amines is 1. The van der Waals surface area contributed by atoms with E-state index in [0.717, 1.165) is 29.6 Å². The maximum Gasteiger partial charge on any atom is 0.115 e. The first-order valence-corrected chi connectivity index (χ1v) is 7.04. The second kappa shape index (κ2) is 5.58. The Morgan fingerprint density at radius 1 is 1.05 bits per heavy atom. The molecule has 1 aromatic heterocycles. The van der Waals surface area contributed by atoms with Gasteiger partial charge >= 0.3 is 0 Å². The van der Waals surface area contributed by atoms with Crippen LogP contribution in [0.25, 0.3) is 22.0 Å². The molecule has 4 nitrogen and oxygen atoms in total. The first kappa shape index (κ1) is 13.6. The fourth-order valence-electron chi connectivity index (χ4n) is 2.42. The highest BCUT2D eigenvalue weighted by molar-refractivity contribution is 5.86. The van der Waals surface area contributed by atoms with Crippen molar-refractivity contribution in [1.29, 1.82) is 0 Å². The first-order chi connectivity index (χ1) is 10.1. The van der Waals surface area contributed by atoms with Gasteiger partial charge in [0, 0.05) is 24.0 Å². The lowest BCUT2D eigenvalue weighted by Crippen LogP contribution is -2.15. The number of rotatable bonds is 4. The monoisotopic (exact) mass is 281 g/mol. The number of aromatic nitrogens is 2. The number of nitrogens with zero attached hydrogens (tertiary/aromatic N) is 2. The molecule has 0 amide bonds. The topological polar surface area (TPSA) is 52.2 Å².